The summed E-state index contributed by atoms with van der Waals surface area (Å²) in [6.07, 6.45) is 3.67. The predicted octanol–water partition coefficient (Wildman–Crippen LogP) is 6.78. The van der Waals surface area contributed by atoms with E-state index in [-0.39, 0.29) is 18.1 Å². The summed E-state index contributed by atoms with van der Waals surface area (Å²) in [6.45, 7) is 4.77. The number of hydrogen-bond acceptors (Lipinski definition) is 7. The second kappa shape index (κ2) is 15.1. The highest BCUT2D eigenvalue weighted by Gasteiger charge is 2.21. The molecule has 0 spiro atoms. The van der Waals surface area contributed by atoms with Crippen molar-refractivity contribution >= 4 is 40.1 Å². The van der Waals surface area contributed by atoms with Crippen LogP contribution in [0.25, 0.3) is 44.7 Å². The molecule has 0 saturated carbocycles. The Bertz CT molecular complexity index is 1940. The maximum atomic E-state index is 11.5. The van der Waals surface area contributed by atoms with Gasteiger partial charge in [-0.1, -0.05) is 65.7 Å². The zero-order valence-electron chi connectivity index (χ0n) is 27.6. The molecule has 6 rings (SSSR count). The van der Waals surface area contributed by atoms with E-state index in [0.29, 0.717) is 41.1 Å². The number of ether oxygens (including phenoxy) is 2. The Morgan fingerprint density at radius 2 is 1.54 bits per heavy atom. The summed E-state index contributed by atoms with van der Waals surface area (Å²) in [5.74, 6) is 0.622. The normalized spacial score (nSPS) is 15.2. The van der Waals surface area contributed by atoms with Crippen LogP contribution in [0.15, 0.2) is 66.9 Å². The summed E-state index contributed by atoms with van der Waals surface area (Å²) in [7, 11) is 5.33. The lowest BCUT2D eigenvalue weighted by atomic mass is 9.98. The summed E-state index contributed by atoms with van der Waals surface area (Å²) in [5.41, 5.74) is 7.63. The molecule has 2 atom stereocenters. The van der Waals surface area contributed by atoms with E-state index in [2.05, 4.69) is 28.2 Å². The molecule has 1 aliphatic rings. The molecule has 2 aromatic carbocycles. The third-order valence-corrected chi connectivity index (χ3v) is 9.63. The summed E-state index contributed by atoms with van der Waals surface area (Å²) in [6, 6.07) is 20.0. The van der Waals surface area contributed by atoms with Crippen molar-refractivity contribution < 1.29 is 14.3 Å². The molecule has 5 aromatic rings. The van der Waals surface area contributed by atoms with Gasteiger partial charge in [-0.2, -0.15) is 0 Å². The van der Waals surface area contributed by atoms with Crippen LogP contribution in [0.4, 0.5) is 0 Å². The molecule has 9 nitrogen and oxygen atoms in total. The second-order valence-electron chi connectivity index (χ2n) is 12.1. The van der Waals surface area contributed by atoms with Crippen LogP contribution in [0.3, 0.4) is 0 Å². The second-order valence-corrected chi connectivity index (χ2v) is 12.9. The quantitative estimate of drug-likeness (QED) is 0.126. The Hall–Kier alpha value is -3.99. The van der Waals surface area contributed by atoms with Gasteiger partial charge < -0.3 is 30.0 Å². The molecule has 0 aliphatic carbocycles. The molecule has 1 fully saturated rings. The highest BCUT2D eigenvalue weighted by Crippen LogP contribution is 2.42. The van der Waals surface area contributed by atoms with Gasteiger partial charge in [-0.3, -0.25) is 4.79 Å². The number of aryl methyl sites for hydroxylation is 1. The van der Waals surface area contributed by atoms with Gasteiger partial charge >= 0.3 is 0 Å². The Balaban J connectivity index is 1.25. The van der Waals surface area contributed by atoms with Crippen molar-refractivity contribution in [3.63, 3.8) is 0 Å². The molecular formula is C37H40Cl2N6O3. The number of nitrogens with one attached hydrogen (secondary N) is 3. The van der Waals surface area contributed by atoms with Gasteiger partial charge in [-0.15, -0.1) is 0 Å². The molecular weight excluding hydrogens is 647 g/mol. The number of carbonyl (C=O) groups excluding carboxylic acids is 1. The third-order valence-electron chi connectivity index (χ3n) is 8.82. The lowest BCUT2D eigenvalue weighted by molar-refractivity contribution is -0.119. The Morgan fingerprint density at radius 3 is 2.19 bits per heavy atom. The monoisotopic (exact) mass is 686 g/mol. The van der Waals surface area contributed by atoms with Crippen molar-refractivity contribution in [3.8, 4) is 39.5 Å². The lowest BCUT2D eigenvalue weighted by Gasteiger charge is -2.15. The van der Waals surface area contributed by atoms with E-state index in [1.807, 2.05) is 73.1 Å². The number of rotatable bonds is 13. The number of aromatic nitrogens is 3. The summed E-state index contributed by atoms with van der Waals surface area (Å²) >= 11 is 14.2. The average molecular weight is 688 g/mol. The lowest BCUT2D eigenvalue weighted by Crippen LogP contribution is -2.35. The smallest absolute Gasteiger partial charge is 0.220 e. The zero-order chi connectivity index (χ0) is 33.8. The van der Waals surface area contributed by atoms with Crippen molar-refractivity contribution in [1.29, 1.82) is 0 Å². The Kier molecular flexibility index (Phi) is 10.6. The minimum atomic E-state index is 0.106. The molecule has 48 heavy (non-hydrogen) atoms. The van der Waals surface area contributed by atoms with Crippen molar-refractivity contribution in [3.05, 3.63) is 88.0 Å². The van der Waals surface area contributed by atoms with Gasteiger partial charge in [-0.25, -0.2) is 9.97 Å². The van der Waals surface area contributed by atoms with Crippen LogP contribution in [0.1, 0.15) is 30.9 Å². The van der Waals surface area contributed by atoms with E-state index in [0.717, 1.165) is 64.1 Å². The van der Waals surface area contributed by atoms with Gasteiger partial charge in [0.05, 0.1) is 34.6 Å². The summed E-state index contributed by atoms with van der Waals surface area (Å²) in [4.78, 5) is 21.3. The van der Waals surface area contributed by atoms with Crippen LogP contribution in [0, 0.1) is 0 Å². The zero-order valence-corrected chi connectivity index (χ0v) is 29.1. The van der Waals surface area contributed by atoms with Gasteiger partial charge in [0, 0.05) is 92.2 Å². The van der Waals surface area contributed by atoms with Crippen molar-refractivity contribution in [2.75, 3.05) is 27.3 Å². The van der Waals surface area contributed by atoms with Crippen molar-refractivity contribution in [1.82, 2.24) is 30.5 Å². The SMILES string of the molecule is COc1nc(-c2cccc(-c3cccc(-c4ccc5c(CNC[C@H](C)OC)cn(C)c5n4)c3Cl)c2Cl)ccc1CNC[C@H]1CCC(=O)N1. The van der Waals surface area contributed by atoms with Gasteiger partial charge in [0.25, 0.3) is 0 Å². The molecule has 0 radical (unpaired) electrons. The van der Waals surface area contributed by atoms with Gasteiger partial charge in [-0.05, 0) is 37.1 Å². The standard InChI is InChI=1S/C37H40Cl2N6O3/c1-22(47-3)17-40-19-24-21-45(2)36-26(24)13-15-31(43-36)29-9-5-7-27(34(29)38)28-8-6-10-30(35(28)39)32-14-11-23(37(44-32)48-4)18-41-20-25-12-16-33(46)42-25/h5-11,13-15,21-22,25,40-41H,12,16-20H2,1-4H3,(H,42,46)/t22-,25+/m0/s1. The molecule has 0 unspecified atom stereocenters. The van der Waals surface area contributed by atoms with E-state index in [9.17, 15) is 4.79 Å². The molecule has 3 N–H and O–H groups in total. The van der Waals surface area contributed by atoms with E-state index >= 15 is 0 Å². The fraction of sp³-hybridized carbons (Fsp3) is 0.324. The average Bonchev–Trinajstić information content (AvgIpc) is 3.66. The number of fused-ring (bicyclic) bond motifs is 1. The number of halogens is 2. The molecule has 250 valence electrons. The van der Waals surface area contributed by atoms with E-state index in [1.165, 1.54) is 5.56 Å². The van der Waals surface area contributed by atoms with Gasteiger partial charge in [0.1, 0.15) is 5.65 Å². The van der Waals surface area contributed by atoms with Gasteiger partial charge in [0.15, 0.2) is 0 Å². The van der Waals surface area contributed by atoms with Crippen molar-refractivity contribution in [2.45, 2.75) is 45.0 Å². The maximum absolute atomic E-state index is 11.5. The van der Waals surface area contributed by atoms with Crippen molar-refractivity contribution in [2.24, 2.45) is 7.05 Å². The number of amides is 1. The highest BCUT2D eigenvalue weighted by molar-refractivity contribution is 6.39. The highest BCUT2D eigenvalue weighted by atomic mass is 35.5. The van der Waals surface area contributed by atoms with Crippen LogP contribution in [0.2, 0.25) is 10.0 Å². The number of pyridine rings is 2. The molecule has 3 aromatic heterocycles. The topological polar surface area (TPSA) is 102 Å². The van der Waals surface area contributed by atoms with Crippen LogP contribution >= 0.6 is 23.2 Å². The number of methoxy groups -OCH3 is 2. The molecule has 1 saturated heterocycles. The first kappa shape index (κ1) is 33.9. The number of nitrogens with zero attached hydrogens (tertiary/aromatic N) is 3. The molecule has 11 heteroatoms. The summed E-state index contributed by atoms with van der Waals surface area (Å²) < 4.78 is 13.1. The molecule has 4 heterocycles. The Morgan fingerprint density at radius 1 is 0.896 bits per heavy atom. The fourth-order valence-electron chi connectivity index (χ4n) is 6.13. The molecule has 1 aliphatic heterocycles. The first-order chi connectivity index (χ1) is 23.3. The van der Waals surface area contributed by atoms with Crippen LogP contribution in [0.5, 0.6) is 5.88 Å². The van der Waals surface area contributed by atoms with E-state index < -0.39 is 0 Å². The van der Waals surface area contributed by atoms with Crippen LogP contribution < -0.4 is 20.7 Å². The van der Waals surface area contributed by atoms with Crippen LogP contribution in [-0.2, 0) is 29.7 Å². The number of benzene rings is 2. The first-order valence-electron chi connectivity index (χ1n) is 16.1. The van der Waals surface area contributed by atoms with Crippen LogP contribution in [-0.4, -0.2) is 59.9 Å². The fourth-order valence-corrected chi connectivity index (χ4v) is 6.78. The number of carbonyl (C=O) groups is 1. The minimum absolute atomic E-state index is 0.106. The van der Waals surface area contributed by atoms with E-state index in [4.69, 9.17) is 42.6 Å². The third kappa shape index (κ3) is 7.21. The number of hydrogen-bond donors (Lipinski definition) is 3. The maximum Gasteiger partial charge on any atom is 0.220 e. The first-order valence-corrected chi connectivity index (χ1v) is 16.8. The molecule has 0 bridgehead atoms. The predicted molar refractivity (Wildman–Crippen MR) is 192 cm³/mol. The van der Waals surface area contributed by atoms with E-state index in [1.54, 1.807) is 14.2 Å². The Labute approximate surface area is 291 Å². The molecule has 1 amide bonds. The summed E-state index contributed by atoms with van der Waals surface area (Å²) in [5, 5.41) is 12.0. The minimum Gasteiger partial charge on any atom is -0.481 e. The largest absolute Gasteiger partial charge is 0.481 e. The van der Waals surface area contributed by atoms with Gasteiger partial charge in [0.2, 0.25) is 11.8 Å².